The molecule has 0 aromatic heterocycles. The van der Waals surface area contributed by atoms with Crippen molar-refractivity contribution in [1.82, 2.24) is 0 Å². The number of rotatable bonds is 6. The van der Waals surface area contributed by atoms with E-state index in [-0.39, 0.29) is 30.2 Å². The normalized spacial score (nSPS) is 10.4. The monoisotopic (exact) mass is 302 g/mol. The second kappa shape index (κ2) is 7.85. The molecule has 0 fully saturated rings. The summed E-state index contributed by atoms with van der Waals surface area (Å²) in [4.78, 5) is 23.6. The van der Waals surface area contributed by atoms with E-state index in [1.807, 2.05) is 0 Å². The maximum absolute atomic E-state index is 13.8. The van der Waals surface area contributed by atoms with E-state index in [2.05, 4.69) is 0 Å². The molecule has 20 heavy (non-hydrogen) atoms. The lowest BCUT2D eigenvalue weighted by molar-refractivity contribution is -0.161. The second-order valence-electron chi connectivity index (χ2n) is 3.97. The first kappa shape index (κ1) is 16.4. The fraction of sp³-hybridized carbons (Fsp3) is 0.429. The van der Waals surface area contributed by atoms with Crippen LogP contribution in [0.1, 0.15) is 19.4 Å². The molecule has 110 valence electrons. The molecule has 0 heterocycles. The molecule has 0 aliphatic heterocycles. The van der Waals surface area contributed by atoms with Crippen LogP contribution in [0.2, 0.25) is 5.02 Å². The zero-order valence-corrected chi connectivity index (χ0v) is 12.1. The van der Waals surface area contributed by atoms with Gasteiger partial charge in [0.2, 0.25) is 0 Å². The van der Waals surface area contributed by atoms with Crippen molar-refractivity contribution >= 4 is 23.5 Å². The minimum Gasteiger partial charge on any atom is -0.465 e. The quantitative estimate of drug-likeness (QED) is 0.599. The van der Waals surface area contributed by atoms with Crippen molar-refractivity contribution in [3.8, 4) is 0 Å². The number of hydrogen-bond donors (Lipinski definition) is 0. The van der Waals surface area contributed by atoms with E-state index in [1.165, 1.54) is 12.1 Å². The smallest absolute Gasteiger partial charge is 0.320 e. The molecule has 0 amide bonds. The minimum atomic E-state index is -1.19. The molecule has 1 aromatic rings. The number of hydrogen-bond acceptors (Lipinski definition) is 4. The highest BCUT2D eigenvalue weighted by Gasteiger charge is 2.30. The summed E-state index contributed by atoms with van der Waals surface area (Å²) < 4.78 is 23.5. The van der Waals surface area contributed by atoms with Crippen LogP contribution in [-0.4, -0.2) is 25.2 Å². The highest BCUT2D eigenvalue weighted by molar-refractivity contribution is 6.30. The van der Waals surface area contributed by atoms with Crippen LogP contribution in [-0.2, 0) is 25.5 Å². The largest absolute Gasteiger partial charge is 0.465 e. The highest BCUT2D eigenvalue weighted by Crippen LogP contribution is 2.21. The van der Waals surface area contributed by atoms with E-state index in [9.17, 15) is 14.0 Å². The molecule has 0 spiro atoms. The van der Waals surface area contributed by atoms with E-state index in [1.54, 1.807) is 19.9 Å². The van der Waals surface area contributed by atoms with E-state index < -0.39 is 23.7 Å². The van der Waals surface area contributed by atoms with Crippen molar-refractivity contribution < 1.29 is 23.5 Å². The Morgan fingerprint density at radius 3 is 2.25 bits per heavy atom. The third-order valence-corrected chi connectivity index (χ3v) is 2.89. The Morgan fingerprint density at radius 2 is 1.75 bits per heavy atom. The molecule has 1 aromatic carbocycles. The molecular weight excluding hydrogens is 287 g/mol. The Hall–Kier alpha value is -1.62. The Kier molecular flexibility index (Phi) is 6.45. The van der Waals surface area contributed by atoms with Crippen LogP contribution in [0.25, 0.3) is 0 Å². The molecule has 1 rings (SSSR count). The highest BCUT2D eigenvalue weighted by atomic mass is 35.5. The summed E-state index contributed by atoms with van der Waals surface area (Å²) in [7, 11) is 0. The summed E-state index contributed by atoms with van der Waals surface area (Å²) in [5.74, 6) is -3.30. The number of benzene rings is 1. The molecule has 4 nitrogen and oxygen atoms in total. The molecule has 0 atom stereocenters. The van der Waals surface area contributed by atoms with Gasteiger partial charge in [-0.1, -0.05) is 23.7 Å². The minimum absolute atomic E-state index is 0.0611. The van der Waals surface area contributed by atoms with E-state index in [0.29, 0.717) is 0 Å². The molecule has 0 aliphatic rings. The van der Waals surface area contributed by atoms with Crippen molar-refractivity contribution in [2.24, 2.45) is 5.92 Å². The van der Waals surface area contributed by atoms with Gasteiger partial charge in [0.1, 0.15) is 5.82 Å². The van der Waals surface area contributed by atoms with Crippen LogP contribution in [0.5, 0.6) is 0 Å². The van der Waals surface area contributed by atoms with Crippen LogP contribution in [0.4, 0.5) is 4.39 Å². The van der Waals surface area contributed by atoms with Crippen LogP contribution >= 0.6 is 11.6 Å². The lowest BCUT2D eigenvalue weighted by Crippen LogP contribution is -2.30. The van der Waals surface area contributed by atoms with Crippen molar-refractivity contribution in [2.75, 3.05) is 13.2 Å². The Labute approximate surface area is 121 Å². The zero-order chi connectivity index (χ0) is 15.1. The van der Waals surface area contributed by atoms with Gasteiger partial charge in [-0.2, -0.15) is 0 Å². The van der Waals surface area contributed by atoms with Gasteiger partial charge >= 0.3 is 11.9 Å². The summed E-state index contributed by atoms with van der Waals surface area (Å²) in [5, 5.41) is -0.0611. The van der Waals surface area contributed by atoms with Crippen molar-refractivity contribution in [3.05, 3.63) is 34.6 Å². The van der Waals surface area contributed by atoms with Crippen molar-refractivity contribution in [1.29, 1.82) is 0 Å². The molecule has 6 heteroatoms. The first-order valence-electron chi connectivity index (χ1n) is 6.27. The lowest BCUT2D eigenvalue weighted by atomic mass is 9.99. The van der Waals surface area contributed by atoms with Gasteiger partial charge in [0.05, 0.1) is 18.2 Å². The molecule has 0 N–H and O–H groups in total. The molecule has 0 aliphatic carbocycles. The maximum atomic E-state index is 13.8. The van der Waals surface area contributed by atoms with Gasteiger partial charge < -0.3 is 9.47 Å². The third-order valence-electron chi connectivity index (χ3n) is 2.60. The van der Waals surface area contributed by atoms with Gasteiger partial charge in [-0.15, -0.1) is 0 Å². The van der Waals surface area contributed by atoms with Crippen molar-refractivity contribution in [2.45, 2.75) is 20.3 Å². The molecule has 0 radical (unpaired) electrons. The van der Waals surface area contributed by atoms with Crippen molar-refractivity contribution in [3.63, 3.8) is 0 Å². The van der Waals surface area contributed by atoms with Gasteiger partial charge in [0.15, 0.2) is 5.92 Å². The predicted octanol–water partition coefficient (Wildman–Crippen LogP) is 2.76. The average molecular weight is 303 g/mol. The van der Waals surface area contributed by atoms with Crippen LogP contribution in [0, 0.1) is 11.7 Å². The summed E-state index contributed by atoms with van der Waals surface area (Å²) in [6, 6.07) is 4.41. The Balaban J connectivity index is 2.96. The van der Waals surface area contributed by atoms with Crippen LogP contribution in [0.15, 0.2) is 18.2 Å². The second-order valence-corrected chi connectivity index (χ2v) is 4.38. The predicted molar refractivity (Wildman–Crippen MR) is 71.9 cm³/mol. The summed E-state index contributed by atoms with van der Waals surface area (Å²) >= 11 is 5.67. The number of carbonyl (C=O) groups excluding carboxylic acids is 2. The Bertz CT molecular complexity index is 472. The van der Waals surface area contributed by atoms with Crippen LogP contribution < -0.4 is 0 Å². The van der Waals surface area contributed by atoms with Gasteiger partial charge in [0.25, 0.3) is 0 Å². The molecule has 0 unspecified atom stereocenters. The summed E-state index contributed by atoms with van der Waals surface area (Å²) in [6.45, 7) is 3.51. The fourth-order valence-corrected chi connectivity index (χ4v) is 1.87. The van der Waals surface area contributed by atoms with E-state index >= 15 is 0 Å². The van der Waals surface area contributed by atoms with E-state index in [0.717, 1.165) is 0 Å². The summed E-state index contributed by atoms with van der Waals surface area (Å²) in [6.07, 6.45) is -0.149. The SMILES string of the molecule is CCOC(=O)C(Cc1cccc(Cl)c1F)C(=O)OCC. The Morgan fingerprint density at radius 1 is 1.20 bits per heavy atom. The number of carbonyl (C=O) groups is 2. The van der Waals surface area contributed by atoms with E-state index in [4.69, 9.17) is 21.1 Å². The summed E-state index contributed by atoms with van der Waals surface area (Å²) in [5.41, 5.74) is 0.170. The fourth-order valence-electron chi connectivity index (χ4n) is 1.67. The number of halogens is 2. The zero-order valence-electron chi connectivity index (χ0n) is 11.3. The lowest BCUT2D eigenvalue weighted by Gasteiger charge is -2.15. The van der Waals surface area contributed by atoms with Gasteiger partial charge in [-0.25, -0.2) is 4.39 Å². The molecular formula is C14H16ClFO4. The average Bonchev–Trinajstić information content (AvgIpc) is 2.40. The molecule has 0 bridgehead atoms. The first-order valence-corrected chi connectivity index (χ1v) is 6.65. The topological polar surface area (TPSA) is 52.6 Å². The van der Waals surface area contributed by atoms with Gasteiger partial charge in [-0.3, -0.25) is 9.59 Å². The van der Waals surface area contributed by atoms with Crippen LogP contribution in [0.3, 0.4) is 0 Å². The molecule has 0 saturated carbocycles. The van der Waals surface area contributed by atoms with Gasteiger partial charge in [0, 0.05) is 0 Å². The first-order chi connectivity index (χ1) is 9.51. The maximum Gasteiger partial charge on any atom is 0.320 e. The molecule has 0 saturated heterocycles. The number of ether oxygens (including phenoxy) is 2. The third kappa shape index (κ3) is 4.20. The standard InChI is InChI=1S/C14H16ClFO4/c1-3-19-13(17)10(14(18)20-4-2)8-9-6-5-7-11(15)12(9)16/h5-7,10H,3-4,8H2,1-2H3. The van der Waals surface area contributed by atoms with Gasteiger partial charge in [-0.05, 0) is 31.9 Å². The number of esters is 2.